The topological polar surface area (TPSA) is 122 Å². The van der Waals surface area contributed by atoms with Gasteiger partial charge >= 0.3 is 0 Å². The Morgan fingerprint density at radius 1 is 1.03 bits per heavy atom. The van der Waals surface area contributed by atoms with Gasteiger partial charge in [-0.15, -0.1) is 0 Å². The Kier molecular flexibility index (Phi) is 6.65. The van der Waals surface area contributed by atoms with Crippen LogP contribution >= 0.6 is 0 Å². The van der Waals surface area contributed by atoms with Crippen molar-refractivity contribution in [2.75, 3.05) is 57.0 Å². The molecular formula is C25H33N9O. The molecule has 1 aromatic carbocycles. The van der Waals surface area contributed by atoms with Crippen LogP contribution in [-0.4, -0.2) is 77.0 Å². The Hall–Kier alpha value is -3.50. The summed E-state index contributed by atoms with van der Waals surface area (Å²) in [6.45, 7) is 10.1. The maximum absolute atomic E-state index is 6.31. The van der Waals surface area contributed by atoms with Crippen molar-refractivity contribution < 1.29 is 4.74 Å². The van der Waals surface area contributed by atoms with Crippen LogP contribution in [0.1, 0.15) is 24.6 Å². The van der Waals surface area contributed by atoms with Gasteiger partial charge in [-0.3, -0.25) is 4.90 Å². The standard InChI is InChI=1S/C25H33N9O/c1-3-32-11-13-34(14-12-32)22-8-7-17-15-33(16-19(17)28-22)10-9-21(26)29-24-18-5-4-6-20(35-2)23(18)30-25(27)31-24/h4-8H,3,9-16H2,1-2H3,(H4,26,27,29,30,31). The lowest BCUT2D eigenvalue weighted by molar-refractivity contribution is 0.270. The van der Waals surface area contributed by atoms with Crippen LogP contribution < -0.4 is 21.1 Å². The number of aromatic nitrogens is 3. The van der Waals surface area contributed by atoms with E-state index in [2.05, 4.69) is 48.7 Å². The van der Waals surface area contributed by atoms with Crippen LogP contribution in [0.3, 0.4) is 0 Å². The van der Waals surface area contributed by atoms with E-state index in [1.54, 1.807) is 7.11 Å². The molecule has 10 nitrogen and oxygen atoms in total. The van der Waals surface area contributed by atoms with Crippen LogP contribution in [0.5, 0.6) is 5.75 Å². The first-order chi connectivity index (χ1) is 17.0. The molecule has 0 amide bonds. The fraction of sp³-hybridized carbons (Fsp3) is 0.440. The first-order valence-corrected chi connectivity index (χ1v) is 12.2. The highest BCUT2D eigenvalue weighted by Crippen LogP contribution is 2.30. The van der Waals surface area contributed by atoms with Gasteiger partial charge in [-0.25, -0.2) is 15.0 Å². The van der Waals surface area contributed by atoms with Crippen molar-refractivity contribution in [1.82, 2.24) is 24.8 Å². The van der Waals surface area contributed by atoms with Gasteiger partial charge in [-0.1, -0.05) is 19.1 Å². The number of methoxy groups -OCH3 is 1. The first-order valence-electron chi connectivity index (χ1n) is 12.2. The number of nitrogens with zero attached hydrogens (tertiary/aromatic N) is 7. The van der Waals surface area contributed by atoms with Gasteiger partial charge in [0.15, 0.2) is 5.82 Å². The number of para-hydroxylation sites is 1. The molecule has 1 fully saturated rings. The number of piperazine rings is 1. The molecule has 10 heteroatoms. The number of hydrogen-bond acceptors (Lipinski definition) is 9. The SMILES string of the molecule is CCN1CCN(c2ccc3c(n2)CN(CCC(N)=Nc2nc(N)nc4c(OC)cccc24)C3)CC1. The molecule has 0 bridgehead atoms. The third kappa shape index (κ3) is 4.98. The Morgan fingerprint density at radius 3 is 2.63 bits per heavy atom. The first kappa shape index (κ1) is 23.3. The van der Waals surface area contributed by atoms with Gasteiger partial charge in [-0.2, -0.15) is 4.98 Å². The molecule has 2 aliphatic heterocycles. The van der Waals surface area contributed by atoms with Crippen LogP contribution in [-0.2, 0) is 13.1 Å². The van der Waals surface area contributed by atoms with E-state index in [9.17, 15) is 0 Å². The molecule has 0 unspecified atom stereocenters. The Balaban J connectivity index is 1.23. The lowest BCUT2D eigenvalue weighted by atomic mass is 10.2. The van der Waals surface area contributed by atoms with Crippen LogP contribution in [0, 0.1) is 0 Å². The van der Waals surface area contributed by atoms with E-state index in [1.807, 2.05) is 18.2 Å². The third-order valence-electron chi connectivity index (χ3n) is 6.80. The van der Waals surface area contributed by atoms with Crippen molar-refractivity contribution in [3.05, 3.63) is 41.6 Å². The second kappa shape index (κ2) is 10.0. The molecule has 5 rings (SSSR count). The number of rotatable bonds is 7. The lowest BCUT2D eigenvalue weighted by Crippen LogP contribution is -2.46. The zero-order chi connectivity index (χ0) is 24.4. The molecule has 2 aliphatic rings. The molecule has 4 N–H and O–H groups in total. The third-order valence-corrected chi connectivity index (χ3v) is 6.80. The van der Waals surface area contributed by atoms with E-state index in [0.717, 1.165) is 69.3 Å². The van der Waals surface area contributed by atoms with Gasteiger partial charge in [0.2, 0.25) is 5.95 Å². The molecule has 0 radical (unpaired) electrons. The van der Waals surface area contributed by atoms with E-state index in [0.29, 0.717) is 29.3 Å². The van der Waals surface area contributed by atoms with Crippen LogP contribution in [0.25, 0.3) is 10.9 Å². The molecule has 184 valence electrons. The largest absolute Gasteiger partial charge is 0.494 e. The number of hydrogen-bond donors (Lipinski definition) is 2. The fourth-order valence-corrected chi connectivity index (χ4v) is 4.78. The summed E-state index contributed by atoms with van der Waals surface area (Å²) in [5.41, 5.74) is 15.3. The summed E-state index contributed by atoms with van der Waals surface area (Å²) in [5.74, 6) is 2.82. The second-order valence-corrected chi connectivity index (χ2v) is 9.02. The zero-order valence-electron chi connectivity index (χ0n) is 20.4. The van der Waals surface area contributed by atoms with Gasteiger partial charge in [0, 0.05) is 57.6 Å². The number of likely N-dealkylation sites (N-methyl/N-ethyl adjacent to an activating group) is 1. The Morgan fingerprint density at radius 2 is 1.86 bits per heavy atom. The number of fused-ring (bicyclic) bond motifs is 2. The number of nitrogens with two attached hydrogens (primary N) is 2. The maximum atomic E-state index is 6.31. The van der Waals surface area contributed by atoms with E-state index in [-0.39, 0.29) is 5.95 Å². The highest BCUT2D eigenvalue weighted by molar-refractivity contribution is 5.95. The van der Waals surface area contributed by atoms with E-state index < -0.39 is 0 Å². The van der Waals surface area contributed by atoms with Crippen molar-refractivity contribution in [1.29, 1.82) is 0 Å². The molecule has 0 aliphatic carbocycles. The number of aliphatic imine (C=N–C) groups is 1. The van der Waals surface area contributed by atoms with Gasteiger partial charge in [-0.05, 0) is 30.3 Å². The smallest absolute Gasteiger partial charge is 0.222 e. The van der Waals surface area contributed by atoms with Gasteiger partial charge in [0.1, 0.15) is 22.9 Å². The number of nitrogen functional groups attached to an aromatic ring is 1. The van der Waals surface area contributed by atoms with E-state index in [4.69, 9.17) is 21.2 Å². The number of pyridine rings is 1. The Labute approximate surface area is 205 Å². The quantitative estimate of drug-likeness (QED) is 0.391. The minimum atomic E-state index is 0.140. The predicted molar refractivity (Wildman–Crippen MR) is 139 cm³/mol. The van der Waals surface area contributed by atoms with Crippen molar-refractivity contribution >= 4 is 34.3 Å². The molecule has 0 atom stereocenters. The number of anilines is 2. The molecule has 0 spiro atoms. The van der Waals surface area contributed by atoms with Gasteiger partial charge in [0.25, 0.3) is 0 Å². The van der Waals surface area contributed by atoms with Crippen LogP contribution in [0.15, 0.2) is 35.3 Å². The normalized spacial score (nSPS) is 17.2. The Bertz CT molecular complexity index is 1240. The fourth-order valence-electron chi connectivity index (χ4n) is 4.78. The number of ether oxygens (including phenoxy) is 1. The highest BCUT2D eigenvalue weighted by atomic mass is 16.5. The predicted octanol–water partition coefficient (Wildman–Crippen LogP) is 2.15. The van der Waals surface area contributed by atoms with Crippen molar-refractivity contribution in [2.45, 2.75) is 26.4 Å². The molecule has 2 aromatic heterocycles. The van der Waals surface area contributed by atoms with Crippen molar-refractivity contribution in [3.8, 4) is 5.75 Å². The number of benzene rings is 1. The lowest BCUT2D eigenvalue weighted by Gasteiger charge is -2.34. The average Bonchev–Trinajstić information content (AvgIpc) is 3.29. The summed E-state index contributed by atoms with van der Waals surface area (Å²) in [6.07, 6.45) is 0.620. The number of amidine groups is 1. The minimum Gasteiger partial charge on any atom is -0.494 e. The van der Waals surface area contributed by atoms with Gasteiger partial charge in [0.05, 0.1) is 12.8 Å². The summed E-state index contributed by atoms with van der Waals surface area (Å²) in [4.78, 5) is 25.4. The summed E-state index contributed by atoms with van der Waals surface area (Å²) >= 11 is 0. The zero-order valence-corrected chi connectivity index (χ0v) is 20.4. The van der Waals surface area contributed by atoms with E-state index >= 15 is 0 Å². The van der Waals surface area contributed by atoms with Crippen molar-refractivity contribution in [2.24, 2.45) is 10.7 Å². The van der Waals surface area contributed by atoms with Crippen molar-refractivity contribution in [3.63, 3.8) is 0 Å². The molecule has 0 saturated carbocycles. The molecule has 3 aromatic rings. The molecule has 35 heavy (non-hydrogen) atoms. The monoisotopic (exact) mass is 475 g/mol. The van der Waals surface area contributed by atoms with Crippen LogP contribution in [0.2, 0.25) is 0 Å². The maximum Gasteiger partial charge on any atom is 0.222 e. The summed E-state index contributed by atoms with van der Waals surface area (Å²) in [6, 6.07) is 10.00. The minimum absolute atomic E-state index is 0.140. The highest BCUT2D eigenvalue weighted by Gasteiger charge is 2.23. The summed E-state index contributed by atoms with van der Waals surface area (Å²) in [5, 5.41) is 0.756. The second-order valence-electron chi connectivity index (χ2n) is 9.02. The van der Waals surface area contributed by atoms with Crippen LogP contribution in [0.4, 0.5) is 17.6 Å². The van der Waals surface area contributed by atoms with Gasteiger partial charge < -0.3 is 26.0 Å². The molecule has 1 saturated heterocycles. The van der Waals surface area contributed by atoms with E-state index in [1.165, 1.54) is 5.56 Å². The molecule has 4 heterocycles. The summed E-state index contributed by atoms with van der Waals surface area (Å²) < 4.78 is 5.40. The summed E-state index contributed by atoms with van der Waals surface area (Å²) in [7, 11) is 1.60. The molecular weight excluding hydrogens is 442 g/mol. The average molecular weight is 476 g/mol.